The van der Waals surface area contributed by atoms with Gasteiger partial charge in [0.2, 0.25) is 0 Å². The van der Waals surface area contributed by atoms with Crippen LogP contribution in [0.4, 0.5) is 10.5 Å². The first kappa shape index (κ1) is 18.9. The fraction of sp³-hybridized carbons (Fsp3) is 0.333. The Morgan fingerprint density at radius 3 is 2.56 bits per heavy atom. The molecule has 0 fully saturated rings. The number of hydrogen-bond acceptors (Lipinski definition) is 5. The third kappa shape index (κ3) is 5.26. The molecule has 0 radical (unpaired) electrons. The van der Waals surface area contributed by atoms with Gasteiger partial charge in [-0.3, -0.25) is 10.1 Å². The molecule has 1 amide bonds. The Morgan fingerprint density at radius 1 is 1.28 bits per heavy atom. The summed E-state index contributed by atoms with van der Waals surface area (Å²) in [5.74, 6) is 0.247. The average Bonchev–Trinajstić information content (AvgIpc) is 3.02. The molecule has 2 rings (SSSR count). The van der Waals surface area contributed by atoms with Crippen molar-refractivity contribution in [1.82, 2.24) is 0 Å². The Balaban J connectivity index is 2.29. The van der Waals surface area contributed by atoms with E-state index in [0.717, 1.165) is 0 Å². The van der Waals surface area contributed by atoms with E-state index < -0.39 is 11.7 Å². The van der Waals surface area contributed by atoms with Gasteiger partial charge in [0.15, 0.2) is 5.78 Å². The molecule has 0 aliphatic rings. The fourth-order valence-electron chi connectivity index (χ4n) is 2.13. The first-order valence-corrected chi connectivity index (χ1v) is 7.99. The molecule has 0 saturated carbocycles. The maximum absolute atomic E-state index is 12.3. The molecule has 0 unspecified atom stereocenters. The molecule has 1 N–H and O–H groups in total. The first-order chi connectivity index (χ1) is 11.7. The molecule has 2 aromatic rings. The van der Waals surface area contributed by atoms with E-state index in [2.05, 4.69) is 5.32 Å². The van der Waals surface area contributed by atoms with Gasteiger partial charge in [-0.1, -0.05) is 11.6 Å². The lowest BCUT2D eigenvalue weighted by atomic mass is 10.0. The van der Waals surface area contributed by atoms with Crippen molar-refractivity contribution >= 4 is 29.2 Å². The van der Waals surface area contributed by atoms with Gasteiger partial charge in [-0.2, -0.15) is 0 Å². The minimum Gasteiger partial charge on any atom is -0.495 e. The van der Waals surface area contributed by atoms with Gasteiger partial charge in [0, 0.05) is 12.1 Å². The van der Waals surface area contributed by atoms with Gasteiger partial charge in [-0.05, 0) is 44.5 Å². The third-order valence-electron chi connectivity index (χ3n) is 3.21. The van der Waals surface area contributed by atoms with Gasteiger partial charge < -0.3 is 13.9 Å². The number of carbonyl (C=O) groups is 2. The van der Waals surface area contributed by atoms with E-state index >= 15 is 0 Å². The van der Waals surface area contributed by atoms with Gasteiger partial charge in [-0.15, -0.1) is 0 Å². The summed E-state index contributed by atoms with van der Waals surface area (Å²) in [7, 11) is 1.48. The molecular weight excluding hydrogens is 346 g/mol. The van der Waals surface area contributed by atoms with Crippen LogP contribution in [0.15, 0.2) is 35.1 Å². The van der Waals surface area contributed by atoms with Crippen LogP contribution >= 0.6 is 11.6 Å². The van der Waals surface area contributed by atoms with Crippen LogP contribution in [0, 0.1) is 0 Å². The molecule has 0 saturated heterocycles. The summed E-state index contributed by atoms with van der Waals surface area (Å²) in [4.78, 5) is 24.4. The SMILES string of the molecule is COc1cc(CC(=O)c2ccoc2)c(NC(=O)OC(C)(C)C)cc1Cl. The molecule has 0 bridgehead atoms. The highest BCUT2D eigenvalue weighted by atomic mass is 35.5. The number of halogens is 1. The van der Waals surface area contributed by atoms with E-state index in [1.807, 2.05) is 0 Å². The predicted molar refractivity (Wildman–Crippen MR) is 94.6 cm³/mol. The molecule has 6 nitrogen and oxygen atoms in total. The van der Waals surface area contributed by atoms with Gasteiger partial charge in [0.1, 0.15) is 17.6 Å². The van der Waals surface area contributed by atoms with Crippen molar-refractivity contribution in [3.63, 3.8) is 0 Å². The van der Waals surface area contributed by atoms with Crippen LogP contribution in [-0.2, 0) is 11.2 Å². The summed E-state index contributed by atoms with van der Waals surface area (Å²) < 4.78 is 15.4. The van der Waals surface area contributed by atoms with E-state index in [-0.39, 0.29) is 12.2 Å². The Labute approximate surface area is 151 Å². The Morgan fingerprint density at radius 2 is 2.00 bits per heavy atom. The number of benzene rings is 1. The normalized spacial score (nSPS) is 11.1. The van der Waals surface area contributed by atoms with Crippen molar-refractivity contribution in [2.75, 3.05) is 12.4 Å². The van der Waals surface area contributed by atoms with E-state index in [4.69, 9.17) is 25.5 Å². The average molecular weight is 366 g/mol. The molecule has 0 spiro atoms. The fourth-order valence-corrected chi connectivity index (χ4v) is 2.37. The second kappa shape index (κ2) is 7.61. The molecule has 1 heterocycles. The Kier molecular flexibility index (Phi) is 5.74. The van der Waals surface area contributed by atoms with Crippen LogP contribution in [0.25, 0.3) is 0 Å². The summed E-state index contributed by atoms with van der Waals surface area (Å²) >= 11 is 6.14. The number of carbonyl (C=O) groups excluding carboxylic acids is 2. The summed E-state index contributed by atoms with van der Waals surface area (Å²) in [6.45, 7) is 5.28. The zero-order valence-corrected chi connectivity index (χ0v) is 15.3. The second-order valence-corrected chi connectivity index (χ2v) is 6.79. The highest BCUT2D eigenvalue weighted by Crippen LogP contribution is 2.32. The van der Waals surface area contributed by atoms with Crippen molar-refractivity contribution in [2.24, 2.45) is 0 Å². The quantitative estimate of drug-likeness (QED) is 0.776. The minimum absolute atomic E-state index is 0.0399. The van der Waals surface area contributed by atoms with Crippen LogP contribution in [-0.4, -0.2) is 24.6 Å². The zero-order valence-electron chi connectivity index (χ0n) is 14.5. The highest BCUT2D eigenvalue weighted by molar-refractivity contribution is 6.32. The second-order valence-electron chi connectivity index (χ2n) is 6.38. The monoisotopic (exact) mass is 365 g/mol. The number of Topliss-reactive ketones (excluding diaryl/α,β-unsaturated/α-hetero) is 1. The maximum atomic E-state index is 12.3. The van der Waals surface area contributed by atoms with Crippen molar-refractivity contribution in [1.29, 1.82) is 0 Å². The number of ether oxygens (including phenoxy) is 2. The van der Waals surface area contributed by atoms with Crippen molar-refractivity contribution in [2.45, 2.75) is 32.8 Å². The van der Waals surface area contributed by atoms with Crippen LogP contribution in [0.5, 0.6) is 5.75 Å². The third-order valence-corrected chi connectivity index (χ3v) is 3.50. The zero-order chi connectivity index (χ0) is 18.6. The number of rotatable bonds is 5. The van der Waals surface area contributed by atoms with Gasteiger partial charge in [0.25, 0.3) is 0 Å². The lowest BCUT2D eigenvalue weighted by Crippen LogP contribution is -2.27. The molecule has 1 aromatic carbocycles. The summed E-state index contributed by atoms with van der Waals surface area (Å²) in [6, 6.07) is 4.73. The molecule has 0 aliphatic carbocycles. The van der Waals surface area contributed by atoms with Gasteiger partial charge >= 0.3 is 6.09 Å². The highest BCUT2D eigenvalue weighted by Gasteiger charge is 2.20. The van der Waals surface area contributed by atoms with E-state index in [1.165, 1.54) is 25.7 Å². The number of methoxy groups -OCH3 is 1. The summed E-state index contributed by atoms with van der Waals surface area (Å²) in [5.41, 5.74) is 0.736. The Bertz CT molecular complexity index is 763. The van der Waals surface area contributed by atoms with E-state index in [9.17, 15) is 9.59 Å². The number of nitrogens with one attached hydrogen (secondary N) is 1. The minimum atomic E-state index is -0.646. The number of furan rings is 1. The number of ketones is 1. The molecule has 0 aliphatic heterocycles. The summed E-state index contributed by atoms with van der Waals surface area (Å²) in [5, 5.41) is 2.95. The van der Waals surface area contributed by atoms with Crippen molar-refractivity contribution in [3.05, 3.63) is 46.9 Å². The van der Waals surface area contributed by atoms with Crippen molar-refractivity contribution < 1.29 is 23.5 Å². The largest absolute Gasteiger partial charge is 0.495 e. The van der Waals surface area contributed by atoms with Crippen LogP contribution in [0.3, 0.4) is 0 Å². The molecule has 7 heteroatoms. The van der Waals surface area contributed by atoms with E-state index in [0.29, 0.717) is 27.6 Å². The number of anilines is 1. The van der Waals surface area contributed by atoms with Gasteiger partial charge in [0.05, 0.1) is 24.0 Å². The topological polar surface area (TPSA) is 77.8 Å². The van der Waals surface area contributed by atoms with Crippen LogP contribution in [0.1, 0.15) is 36.7 Å². The van der Waals surface area contributed by atoms with Crippen molar-refractivity contribution in [3.8, 4) is 5.75 Å². The lowest BCUT2D eigenvalue weighted by molar-refractivity contribution is 0.0635. The Hall–Kier alpha value is -2.47. The summed E-state index contributed by atoms with van der Waals surface area (Å²) in [6.07, 6.45) is 2.20. The smallest absolute Gasteiger partial charge is 0.412 e. The van der Waals surface area contributed by atoms with Crippen LogP contribution < -0.4 is 10.1 Å². The van der Waals surface area contributed by atoms with Gasteiger partial charge in [-0.25, -0.2) is 4.79 Å². The van der Waals surface area contributed by atoms with Crippen LogP contribution in [0.2, 0.25) is 5.02 Å². The molecule has 1 aromatic heterocycles. The number of amides is 1. The maximum Gasteiger partial charge on any atom is 0.412 e. The molecule has 134 valence electrons. The lowest BCUT2D eigenvalue weighted by Gasteiger charge is -2.21. The number of hydrogen-bond donors (Lipinski definition) is 1. The molecular formula is C18H20ClNO5. The molecule has 25 heavy (non-hydrogen) atoms. The predicted octanol–water partition coefficient (Wildman–Crippen LogP) is 4.71. The standard InChI is InChI=1S/C18H20ClNO5/c1-18(2,3)25-17(22)20-14-9-13(19)16(23-4)8-12(14)7-15(21)11-5-6-24-10-11/h5-6,8-10H,7H2,1-4H3,(H,20,22). The molecule has 0 atom stereocenters. The van der Waals surface area contributed by atoms with E-state index in [1.54, 1.807) is 32.9 Å². The first-order valence-electron chi connectivity index (χ1n) is 7.61.